The number of carbonyl (C=O) groups excluding carboxylic acids is 1. The Morgan fingerprint density at radius 1 is 1.07 bits per heavy atom. The number of carbonyl (C=O) groups is 1. The summed E-state index contributed by atoms with van der Waals surface area (Å²) in [6, 6.07) is 13.1. The first-order chi connectivity index (χ1) is 13.9. The molecular weight excluding hydrogens is 368 g/mol. The fourth-order valence-corrected chi connectivity index (χ4v) is 3.57. The van der Waals surface area contributed by atoms with Crippen LogP contribution in [0.3, 0.4) is 0 Å². The van der Waals surface area contributed by atoms with Gasteiger partial charge < -0.3 is 10.2 Å². The summed E-state index contributed by atoms with van der Waals surface area (Å²) in [5.74, 6) is -0.115. The van der Waals surface area contributed by atoms with Crippen molar-refractivity contribution in [3.05, 3.63) is 69.3 Å². The van der Waals surface area contributed by atoms with Crippen LogP contribution < -0.4 is 5.32 Å². The topological polar surface area (TPSA) is 78.7 Å². The van der Waals surface area contributed by atoms with Crippen LogP contribution in [0.5, 0.6) is 0 Å². The Kier molecular flexibility index (Phi) is 6.95. The van der Waals surface area contributed by atoms with Crippen LogP contribution in [-0.4, -0.2) is 53.4 Å². The maximum absolute atomic E-state index is 12.3. The molecule has 0 atom stereocenters. The molecule has 29 heavy (non-hydrogen) atoms. The number of nitro groups is 1. The van der Waals surface area contributed by atoms with E-state index in [4.69, 9.17) is 0 Å². The molecule has 2 aromatic carbocycles. The molecule has 0 spiro atoms. The number of benzene rings is 2. The standard InChI is InChI=1S/C22H28N4O3/c1-17-4-3-5-19(14-17)16-25-12-10-24(11-13-25)9-8-22(27)23-21-15-20(26(28)29)7-6-18(21)2/h3-7,14-15H,8-13,16H2,1-2H3,(H,23,27). The molecule has 3 rings (SSSR count). The molecule has 7 nitrogen and oxygen atoms in total. The van der Waals surface area contributed by atoms with Gasteiger partial charge in [-0.1, -0.05) is 35.9 Å². The quantitative estimate of drug-likeness (QED) is 0.573. The van der Waals surface area contributed by atoms with Gasteiger partial charge in [0.15, 0.2) is 0 Å². The van der Waals surface area contributed by atoms with Gasteiger partial charge in [0.1, 0.15) is 0 Å². The SMILES string of the molecule is Cc1cccc(CN2CCN(CCC(=O)Nc3cc([N+](=O)[O-])ccc3C)CC2)c1. The maximum atomic E-state index is 12.3. The first-order valence-electron chi connectivity index (χ1n) is 9.96. The largest absolute Gasteiger partial charge is 0.326 e. The summed E-state index contributed by atoms with van der Waals surface area (Å²) >= 11 is 0. The normalized spacial score (nSPS) is 15.2. The third kappa shape index (κ3) is 6.10. The predicted molar refractivity (Wildman–Crippen MR) is 114 cm³/mol. The molecule has 1 fully saturated rings. The number of rotatable bonds is 7. The lowest BCUT2D eigenvalue weighted by molar-refractivity contribution is -0.384. The van der Waals surface area contributed by atoms with E-state index in [9.17, 15) is 14.9 Å². The molecule has 1 aliphatic heterocycles. The Morgan fingerprint density at radius 2 is 1.79 bits per heavy atom. The molecular formula is C22H28N4O3. The van der Waals surface area contributed by atoms with E-state index in [2.05, 4.69) is 46.3 Å². The number of aryl methyl sites for hydroxylation is 2. The van der Waals surface area contributed by atoms with Crippen molar-refractivity contribution in [1.82, 2.24) is 9.80 Å². The van der Waals surface area contributed by atoms with E-state index >= 15 is 0 Å². The molecule has 0 bridgehead atoms. The molecule has 0 radical (unpaired) electrons. The van der Waals surface area contributed by atoms with Crippen LogP contribution >= 0.6 is 0 Å². The van der Waals surface area contributed by atoms with E-state index in [1.807, 2.05) is 6.92 Å². The highest BCUT2D eigenvalue weighted by Crippen LogP contribution is 2.22. The van der Waals surface area contributed by atoms with Gasteiger partial charge in [-0.25, -0.2) is 0 Å². The number of piperazine rings is 1. The molecule has 0 saturated carbocycles. The van der Waals surface area contributed by atoms with E-state index in [1.165, 1.54) is 23.3 Å². The summed E-state index contributed by atoms with van der Waals surface area (Å²) in [6.45, 7) is 9.44. The van der Waals surface area contributed by atoms with Crippen molar-refractivity contribution in [2.24, 2.45) is 0 Å². The van der Waals surface area contributed by atoms with Gasteiger partial charge in [0.05, 0.1) is 10.6 Å². The van der Waals surface area contributed by atoms with Gasteiger partial charge in [0.2, 0.25) is 5.91 Å². The molecule has 1 saturated heterocycles. The van der Waals surface area contributed by atoms with Crippen molar-refractivity contribution in [3.8, 4) is 0 Å². The molecule has 1 heterocycles. The Morgan fingerprint density at radius 3 is 2.48 bits per heavy atom. The van der Waals surface area contributed by atoms with Crippen molar-refractivity contribution < 1.29 is 9.72 Å². The number of anilines is 1. The zero-order valence-electron chi connectivity index (χ0n) is 17.1. The van der Waals surface area contributed by atoms with Crippen LogP contribution in [0.1, 0.15) is 23.1 Å². The molecule has 1 aliphatic rings. The van der Waals surface area contributed by atoms with E-state index in [1.54, 1.807) is 6.07 Å². The predicted octanol–water partition coefficient (Wildman–Crippen LogP) is 3.36. The Balaban J connectivity index is 1.43. The maximum Gasteiger partial charge on any atom is 0.271 e. The van der Waals surface area contributed by atoms with Crippen LogP contribution in [0.2, 0.25) is 0 Å². The Hall–Kier alpha value is -2.77. The summed E-state index contributed by atoms with van der Waals surface area (Å²) in [4.78, 5) is 27.5. The van der Waals surface area contributed by atoms with E-state index in [0.717, 1.165) is 38.3 Å². The minimum Gasteiger partial charge on any atom is -0.326 e. The molecule has 0 aromatic heterocycles. The van der Waals surface area contributed by atoms with Crippen LogP contribution in [0.15, 0.2) is 42.5 Å². The van der Waals surface area contributed by atoms with Crippen molar-refractivity contribution in [2.75, 3.05) is 38.0 Å². The average Bonchev–Trinajstić information content (AvgIpc) is 2.69. The summed E-state index contributed by atoms with van der Waals surface area (Å²) < 4.78 is 0. The van der Waals surface area contributed by atoms with Crippen LogP contribution in [0.4, 0.5) is 11.4 Å². The molecule has 1 amide bonds. The fourth-order valence-electron chi connectivity index (χ4n) is 3.57. The van der Waals surface area contributed by atoms with Crippen molar-refractivity contribution in [2.45, 2.75) is 26.8 Å². The van der Waals surface area contributed by atoms with Gasteiger partial charge in [-0.3, -0.25) is 19.8 Å². The number of hydrogen-bond acceptors (Lipinski definition) is 5. The molecule has 7 heteroatoms. The highest BCUT2D eigenvalue weighted by Gasteiger charge is 2.18. The van der Waals surface area contributed by atoms with Gasteiger partial charge in [-0.15, -0.1) is 0 Å². The van der Waals surface area contributed by atoms with Crippen molar-refractivity contribution >= 4 is 17.3 Å². The first-order valence-corrected chi connectivity index (χ1v) is 9.96. The lowest BCUT2D eigenvalue weighted by Gasteiger charge is -2.34. The smallest absolute Gasteiger partial charge is 0.271 e. The minimum atomic E-state index is -0.453. The summed E-state index contributed by atoms with van der Waals surface area (Å²) in [5.41, 5.74) is 3.92. The second kappa shape index (κ2) is 9.62. The number of non-ortho nitro benzene ring substituents is 1. The van der Waals surface area contributed by atoms with E-state index in [-0.39, 0.29) is 11.6 Å². The highest BCUT2D eigenvalue weighted by atomic mass is 16.6. The zero-order chi connectivity index (χ0) is 20.8. The van der Waals surface area contributed by atoms with E-state index in [0.29, 0.717) is 18.7 Å². The second-order valence-corrected chi connectivity index (χ2v) is 7.66. The number of nitrogens with one attached hydrogen (secondary N) is 1. The molecule has 0 unspecified atom stereocenters. The van der Waals surface area contributed by atoms with Gasteiger partial charge >= 0.3 is 0 Å². The summed E-state index contributed by atoms with van der Waals surface area (Å²) in [7, 11) is 0. The average molecular weight is 396 g/mol. The molecule has 0 aliphatic carbocycles. The number of nitro benzene ring substituents is 1. The second-order valence-electron chi connectivity index (χ2n) is 7.66. The highest BCUT2D eigenvalue weighted by molar-refractivity contribution is 5.92. The Bertz CT molecular complexity index is 876. The molecule has 2 aromatic rings. The molecule has 154 valence electrons. The van der Waals surface area contributed by atoms with Crippen LogP contribution in [0.25, 0.3) is 0 Å². The number of amides is 1. The number of nitrogens with zero attached hydrogens (tertiary/aromatic N) is 3. The third-order valence-electron chi connectivity index (χ3n) is 5.31. The molecule has 1 N–H and O–H groups in total. The minimum absolute atomic E-state index is 0.0179. The zero-order valence-corrected chi connectivity index (χ0v) is 17.1. The van der Waals surface area contributed by atoms with Crippen molar-refractivity contribution in [3.63, 3.8) is 0 Å². The van der Waals surface area contributed by atoms with Gasteiger partial charge in [-0.05, 0) is 25.0 Å². The monoisotopic (exact) mass is 396 g/mol. The Labute approximate surface area is 171 Å². The third-order valence-corrected chi connectivity index (χ3v) is 5.31. The van der Waals surface area contributed by atoms with E-state index < -0.39 is 4.92 Å². The summed E-state index contributed by atoms with van der Waals surface area (Å²) in [5, 5.41) is 13.7. The first kappa shape index (κ1) is 21.0. The lowest BCUT2D eigenvalue weighted by atomic mass is 10.1. The fraction of sp³-hybridized carbons (Fsp3) is 0.409. The number of hydrogen-bond donors (Lipinski definition) is 1. The van der Waals surface area contributed by atoms with Crippen LogP contribution in [0, 0.1) is 24.0 Å². The van der Waals surface area contributed by atoms with Crippen molar-refractivity contribution in [1.29, 1.82) is 0 Å². The lowest BCUT2D eigenvalue weighted by Crippen LogP contribution is -2.46. The van der Waals surface area contributed by atoms with Gasteiger partial charge in [-0.2, -0.15) is 0 Å². The van der Waals surface area contributed by atoms with Crippen LogP contribution in [-0.2, 0) is 11.3 Å². The summed E-state index contributed by atoms with van der Waals surface area (Å²) in [6.07, 6.45) is 0.375. The van der Waals surface area contributed by atoms with Gasteiger partial charge in [0, 0.05) is 57.8 Å². The van der Waals surface area contributed by atoms with Gasteiger partial charge in [0.25, 0.3) is 5.69 Å².